The maximum Gasteiger partial charge on any atom is 0.309 e. The summed E-state index contributed by atoms with van der Waals surface area (Å²) in [6.07, 6.45) is 17.6. The summed E-state index contributed by atoms with van der Waals surface area (Å²) in [5.74, 6) is 0.198. The highest BCUT2D eigenvalue weighted by Gasteiger charge is 2.43. The average molecular weight is 455 g/mol. The van der Waals surface area contributed by atoms with Crippen molar-refractivity contribution in [2.24, 2.45) is 23.2 Å². The first-order valence-corrected chi connectivity index (χ1v) is 13.6. The summed E-state index contributed by atoms with van der Waals surface area (Å²) in [6.45, 7) is 11.0. The monoisotopic (exact) mass is 454 g/mol. The van der Waals surface area contributed by atoms with E-state index in [1.807, 2.05) is 0 Å². The maximum absolute atomic E-state index is 12.5. The van der Waals surface area contributed by atoms with Gasteiger partial charge in [0.15, 0.2) is 0 Å². The molecule has 0 bridgehead atoms. The van der Waals surface area contributed by atoms with Crippen molar-refractivity contribution in [2.75, 3.05) is 0 Å². The van der Waals surface area contributed by atoms with E-state index >= 15 is 0 Å². The van der Waals surface area contributed by atoms with E-state index in [1.165, 1.54) is 38.5 Å². The Kier molecular flexibility index (Phi) is 17.8. The van der Waals surface area contributed by atoms with Gasteiger partial charge in [-0.2, -0.15) is 0 Å². The van der Waals surface area contributed by atoms with Crippen LogP contribution in [-0.2, 0) is 9.59 Å². The van der Waals surface area contributed by atoms with Crippen LogP contribution in [0.25, 0.3) is 0 Å². The first-order valence-electron chi connectivity index (χ1n) is 13.6. The van der Waals surface area contributed by atoms with Gasteiger partial charge >= 0.3 is 11.9 Å². The molecule has 0 aliphatic heterocycles. The lowest BCUT2D eigenvalue weighted by Crippen LogP contribution is -2.39. The molecule has 2 unspecified atom stereocenters. The molecule has 4 nitrogen and oxygen atoms in total. The van der Waals surface area contributed by atoms with Gasteiger partial charge in [0.2, 0.25) is 0 Å². The number of carboxylic acids is 2. The highest BCUT2D eigenvalue weighted by molar-refractivity contribution is 5.75. The normalized spacial score (nSPS) is 14.6. The summed E-state index contributed by atoms with van der Waals surface area (Å²) in [4.78, 5) is 23.0. The summed E-state index contributed by atoms with van der Waals surface area (Å²) >= 11 is 0. The van der Waals surface area contributed by atoms with Gasteiger partial charge in [0.05, 0.1) is 5.41 Å². The molecular formula is C28H54O4. The lowest BCUT2D eigenvalue weighted by molar-refractivity contribution is -0.154. The van der Waals surface area contributed by atoms with Crippen LogP contribution in [0.1, 0.15) is 144 Å². The summed E-state index contributed by atoms with van der Waals surface area (Å²) in [5.41, 5.74) is -0.556. The van der Waals surface area contributed by atoms with Gasteiger partial charge in [-0.15, -0.1) is 0 Å². The molecule has 0 rings (SSSR count). The van der Waals surface area contributed by atoms with Gasteiger partial charge in [-0.3, -0.25) is 9.59 Å². The van der Waals surface area contributed by atoms with Crippen LogP contribution in [0.2, 0.25) is 0 Å². The number of hydrogen-bond acceptors (Lipinski definition) is 2. The Morgan fingerprint density at radius 2 is 1.12 bits per heavy atom. The second-order valence-corrected chi connectivity index (χ2v) is 10.9. The zero-order valence-electron chi connectivity index (χ0n) is 22.0. The summed E-state index contributed by atoms with van der Waals surface area (Å²) < 4.78 is 0. The first kappa shape index (κ1) is 30.9. The van der Waals surface area contributed by atoms with Crippen molar-refractivity contribution in [3.63, 3.8) is 0 Å². The van der Waals surface area contributed by atoms with Crippen molar-refractivity contribution >= 4 is 11.9 Å². The fourth-order valence-electron chi connectivity index (χ4n) is 4.96. The molecule has 0 saturated heterocycles. The van der Waals surface area contributed by atoms with Crippen molar-refractivity contribution in [1.82, 2.24) is 0 Å². The third kappa shape index (κ3) is 14.2. The Hall–Kier alpha value is -1.06. The van der Waals surface area contributed by atoms with Gasteiger partial charge < -0.3 is 10.2 Å². The number of aliphatic carboxylic acids is 2. The molecular weight excluding hydrogens is 400 g/mol. The molecule has 0 heterocycles. The van der Waals surface area contributed by atoms with Gasteiger partial charge in [0.1, 0.15) is 0 Å². The van der Waals surface area contributed by atoms with Crippen molar-refractivity contribution in [3.8, 4) is 0 Å². The van der Waals surface area contributed by atoms with Crippen LogP contribution >= 0.6 is 0 Å². The number of carboxylic acid groups (broad SMARTS) is 2. The number of hydrogen-bond donors (Lipinski definition) is 2. The Morgan fingerprint density at radius 1 is 0.656 bits per heavy atom. The SMILES string of the molecule is CCC(CCC(C)C)(C(=O)O)C(CCCCCCCCCCCCC(=O)O)CCC(C)C. The van der Waals surface area contributed by atoms with Crippen LogP contribution < -0.4 is 0 Å². The van der Waals surface area contributed by atoms with Crippen molar-refractivity contribution < 1.29 is 19.8 Å². The Morgan fingerprint density at radius 3 is 1.53 bits per heavy atom. The minimum absolute atomic E-state index is 0.289. The third-order valence-electron chi connectivity index (χ3n) is 7.29. The van der Waals surface area contributed by atoms with Gasteiger partial charge in [-0.1, -0.05) is 98.8 Å². The molecule has 4 heteroatoms. The van der Waals surface area contributed by atoms with Crippen LogP contribution in [0.3, 0.4) is 0 Å². The molecule has 190 valence electrons. The molecule has 0 spiro atoms. The summed E-state index contributed by atoms with van der Waals surface area (Å²) in [7, 11) is 0. The minimum Gasteiger partial charge on any atom is -0.481 e. The van der Waals surface area contributed by atoms with Gasteiger partial charge in [-0.25, -0.2) is 0 Å². The molecule has 0 aromatic carbocycles. The fraction of sp³-hybridized carbons (Fsp3) is 0.929. The van der Waals surface area contributed by atoms with Crippen molar-refractivity contribution in [3.05, 3.63) is 0 Å². The minimum atomic E-state index is -0.684. The molecule has 0 aromatic rings. The molecule has 32 heavy (non-hydrogen) atoms. The standard InChI is InChI=1S/C28H54O4/c1-6-28(27(31)32,22-21-24(4)5)25(20-19-23(2)3)17-15-13-11-9-7-8-10-12-14-16-18-26(29)30/h23-25H,6-22H2,1-5H3,(H,29,30)(H,31,32). The molecule has 0 aliphatic rings. The van der Waals surface area contributed by atoms with Gasteiger partial charge in [-0.05, 0) is 56.3 Å². The number of rotatable bonds is 22. The Bertz CT molecular complexity index is 486. The highest BCUT2D eigenvalue weighted by Crippen LogP contribution is 2.43. The zero-order chi connectivity index (χ0) is 24.4. The smallest absolute Gasteiger partial charge is 0.309 e. The van der Waals surface area contributed by atoms with E-state index in [0.717, 1.165) is 64.2 Å². The van der Waals surface area contributed by atoms with E-state index in [9.17, 15) is 14.7 Å². The third-order valence-corrected chi connectivity index (χ3v) is 7.29. The van der Waals surface area contributed by atoms with E-state index < -0.39 is 17.4 Å². The first-order chi connectivity index (χ1) is 15.2. The largest absolute Gasteiger partial charge is 0.481 e. The molecule has 0 amide bonds. The molecule has 0 radical (unpaired) electrons. The van der Waals surface area contributed by atoms with E-state index in [1.54, 1.807) is 0 Å². The highest BCUT2D eigenvalue weighted by atomic mass is 16.4. The molecule has 2 N–H and O–H groups in total. The predicted molar refractivity (Wildman–Crippen MR) is 135 cm³/mol. The summed E-state index contributed by atoms with van der Waals surface area (Å²) in [6, 6.07) is 0. The second kappa shape index (κ2) is 18.4. The van der Waals surface area contributed by atoms with Crippen molar-refractivity contribution in [1.29, 1.82) is 0 Å². The van der Waals surface area contributed by atoms with Crippen LogP contribution in [0.4, 0.5) is 0 Å². The lowest BCUT2D eigenvalue weighted by atomic mass is 9.65. The predicted octanol–water partition coefficient (Wildman–Crippen LogP) is 8.72. The molecule has 0 saturated carbocycles. The quantitative estimate of drug-likeness (QED) is 0.160. The second-order valence-electron chi connectivity index (χ2n) is 10.9. The zero-order valence-corrected chi connectivity index (χ0v) is 22.0. The van der Waals surface area contributed by atoms with Crippen LogP contribution in [0.15, 0.2) is 0 Å². The van der Waals surface area contributed by atoms with Gasteiger partial charge in [0.25, 0.3) is 0 Å². The van der Waals surface area contributed by atoms with Crippen LogP contribution in [0, 0.1) is 23.2 Å². The molecule has 2 atom stereocenters. The Balaban J connectivity index is 4.39. The van der Waals surface area contributed by atoms with Crippen molar-refractivity contribution in [2.45, 2.75) is 144 Å². The lowest BCUT2D eigenvalue weighted by Gasteiger charge is -2.38. The topological polar surface area (TPSA) is 74.6 Å². The van der Waals surface area contributed by atoms with E-state index in [2.05, 4.69) is 34.6 Å². The number of carbonyl (C=O) groups is 2. The van der Waals surface area contributed by atoms with Crippen LogP contribution in [0.5, 0.6) is 0 Å². The number of unbranched alkanes of at least 4 members (excludes halogenated alkanes) is 9. The van der Waals surface area contributed by atoms with Crippen LogP contribution in [-0.4, -0.2) is 22.2 Å². The molecule has 0 aliphatic carbocycles. The van der Waals surface area contributed by atoms with Gasteiger partial charge in [0, 0.05) is 6.42 Å². The average Bonchev–Trinajstić information content (AvgIpc) is 2.71. The summed E-state index contributed by atoms with van der Waals surface area (Å²) in [5, 5.41) is 18.9. The molecule has 0 fully saturated rings. The van der Waals surface area contributed by atoms with E-state index in [4.69, 9.17) is 5.11 Å². The fourth-order valence-corrected chi connectivity index (χ4v) is 4.96. The Labute approximate surface area is 199 Å². The molecule has 0 aromatic heterocycles. The van der Waals surface area contributed by atoms with E-state index in [-0.39, 0.29) is 5.92 Å². The maximum atomic E-state index is 12.5. The van der Waals surface area contributed by atoms with E-state index in [0.29, 0.717) is 18.3 Å².